The van der Waals surface area contributed by atoms with Gasteiger partial charge < -0.3 is 4.57 Å². The topological polar surface area (TPSA) is 21.1 Å². The van der Waals surface area contributed by atoms with Crippen LogP contribution >= 0.6 is 0 Å². The molecule has 0 aliphatic carbocycles. The number of rotatable bonds is 3. The number of benzene rings is 1. The number of aromatic nitrogens is 2. The number of fused-ring (bicyclic) bond motifs is 3. The Balaban J connectivity index is 1.90. The summed E-state index contributed by atoms with van der Waals surface area (Å²) in [5.41, 5.74) is 8.12. The Hall–Kier alpha value is -2.39. The molecule has 2 aromatic heterocycles. The third kappa shape index (κ3) is 2.89. The molecule has 0 N–H and O–H groups in total. The first-order valence-electron chi connectivity index (χ1n) is 9.11. The highest BCUT2D eigenvalue weighted by Gasteiger charge is 2.22. The van der Waals surface area contributed by atoms with Crippen molar-refractivity contribution < 1.29 is 0 Å². The van der Waals surface area contributed by atoms with E-state index in [0.29, 0.717) is 0 Å². The van der Waals surface area contributed by atoms with E-state index in [1.807, 2.05) is 12.4 Å². The number of likely N-dealkylation sites (N-methyl/N-ethyl adjacent to an activating group) is 1. The second-order valence-corrected chi connectivity index (χ2v) is 6.98. The molecule has 0 saturated heterocycles. The van der Waals surface area contributed by atoms with Crippen molar-refractivity contribution in [3.63, 3.8) is 0 Å². The lowest BCUT2D eigenvalue weighted by Gasteiger charge is -2.26. The van der Waals surface area contributed by atoms with E-state index >= 15 is 0 Å². The number of hydrogen-bond donors (Lipinski definition) is 0. The smallest absolute Gasteiger partial charge is 0.0529 e. The summed E-state index contributed by atoms with van der Waals surface area (Å²) in [4.78, 5) is 6.67. The molecule has 1 aromatic carbocycles. The minimum atomic E-state index is 1.06. The van der Waals surface area contributed by atoms with Crippen LogP contribution in [0.25, 0.3) is 22.7 Å². The zero-order valence-electron chi connectivity index (χ0n) is 15.3. The molecule has 128 valence electrons. The van der Waals surface area contributed by atoms with Crippen LogP contribution in [0.5, 0.6) is 0 Å². The van der Waals surface area contributed by atoms with Crippen LogP contribution in [0.15, 0.2) is 42.7 Å². The van der Waals surface area contributed by atoms with Crippen LogP contribution in [0.2, 0.25) is 0 Å². The molecule has 0 unspecified atom stereocenters. The van der Waals surface area contributed by atoms with E-state index in [-0.39, 0.29) is 0 Å². The molecule has 1 aliphatic rings. The molecule has 3 heterocycles. The third-order valence-corrected chi connectivity index (χ3v) is 5.33. The van der Waals surface area contributed by atoms with Crippen LogP contribution in [-0.2, 0) is 13.0 Å². The van der Waals surface area contributed by atoms with Gasteiger partial charge in [0.1, 0.15) is 0 Å². The summed E-state index contributed by atoms with van der Waals surface area (Å²) in [6.07, 6.45) is 7.13. The van der Waals surface area contributed by atoms with Crippen molar-refractivity contribution in [1.29, 1.82) is 0 Å². The average Bonchev–Trinajstić information content (AvgIpc) is 2.95. The maximum atomic E-state index is 4.13. The minimum absolute atomic E-state index is 1.06. The maximum Gasteiger partial charge on any atom is 0.0529 e. The number of allylic oxidation sites excluding steroid dienone is 1. The third-order valence-electron chi connectivity index (χ3n) is 5.33. The molecule has 25 heavy (non-hydrogen) atoms. The number of nitrogens with zero attached hydrogens (tertiary/aromatic N) is 3. The molecule has 0 spiro atoms. The predicted molar refractivity (Wildman–Crippen MR) is 105 cm³/mol. The molecule has 0 radical (unpaired) electrons. The van der Waals surface area contributed by atoms with Crippen molar-refractivity contribution in [1.82, 2.24) is 14.5 Å². The number of hydrogen-bond acceptors (Lipinski definition) is 2. The quantitative estimate of drug-likeness (QED) is 0.691. The highest BCUT2D eigenvalue weighted by molar-refractivity contribution is 5.90. The van der Waals surface area contributed by atoms with Gasteiger partial charge >= 0.3 is 0 Å². The van der Waals surface area contributed by atoms with Crippen molar-refractivity contribution in [2.45, 2.75) is 33.7 Å². The van der Waals surface area contributed by atoms with Crippen LogP contribution in [0, 0.1) is 6.92 Å². The summed E-state index contributed by atoms with van der Waals surface area (Å²) >= 11 is 0. The number of pyridine rings is 1. The summed E-state index contributed by atoms with van der Waals surface area (Å²) in [6, 6.07) is 11.0. The highest BCUT2D eigenvalue weighted by atomic mass is 15.1. The van der Waals surface area contributed by atoms with Gasteiger partial charge in [0, 0.05) is 49.2 Å². The monoisotopic (exact) mass is 331 g/mol. The lowest BCUT2D eigenvalue weighted by molar-refractivity contribution is 0.267. The van der Waals surface area contributed by atoms with Gasteiger partial charge in [0.15, 0.2) is 0 Å². The fourth-order valence-corrected chi connectivity index (χ4v) is 3.86. The van der Waals surface area contributed by atoms with Crippen LogP contribution in [-0.4, -0.2) is 27.5 Å². The van der Waals surface area contributed by atoms with Crippen LogP contribution in [0.3, 0.4) is 0 Å². The first kappa shape index (κ1) is 16.1. The Labute approximate surface area is 149 Å². The number of aryl methyl sites for hydroxylation is 1. The fraction of sp³-hybridized carbons (Fsp3) is 0.318. The fourth-order valence-electron chi connectivity index (χ4n) is 3.86. The molecular weight excluding hydrogens is 306 g/mol. The first-order valence-corrected chi connectivity index (χ1v) is 9.11. The first-order chi connectivity index (χ1) is 12.2. The molecule has 1 aliphatic heterocycles. The highest BCUT2D eigenvalue weighted by Crippen LogP contribution is 2.33. The Bertz CT molecular complexity index is 935. The average molecular weight is 331 g/mol. The van der Waals surface area contributed by atoms with Crippen molar-refractivity contribution in [2.24, 2.45) is 0 Å². The Morgan fingerprint density at radius 1 is 1.20 bits per heavy atom. The summed E-state index contributed by atoms with van der Waals surface area (Å²) in [6.45, 7) is 9.93. The van der Waals surface area contributed by atoms with Gasteiger partial charge in [0.2, 0.25) is 0 Å². The normalized spacial score (nSPS) is 15.6. The molecule has 0 bridgehead atoms. The Morgan fingerprint density at radius 3 is 2.76 bits per heavy atom. The molecule has 0 saturated carbocycles. The van der Waals surface area contributed by atoms with Gasteiger partial charge in [0.05, 0.1) is 5.52 Å². The van der Waals surface area contributed by atoms with E-state index in [0.717, 1.165) is 26.1 Å². The predicted octanol–water partition coefficient (Wildman–Crippen LogP) is 4.74. The van der Waals surface area contributed by atoms with E-state index in [2.05, 4.69) is 71.8 Å². The van der Waals surface area contributed by atoms with Gasteiger partial charge in [-0.1, -0.05) is 18.6 Å². The summed E-state index contributed by atoms with van der Waals surface area (Å²) in [5.74, 6) is 0. The summed E-state index contributed by atoms with van der Waals surface area (Å²) < 4.78 is 2.42. The van der Waals surface area contributed by atoms with E-state index in [1.165, 1.54) is 38.9 Å². The van der Waals surface area contributed by atoms with Gasteiger partial charge in [-0.05, 0) is 61.4 Å². The largest absolute Gasteiger partial charge is 0.320 e. The van der Waals surface area contributed by atoms with Gasteiger partial charge in [-0.3, -0.25) is 9.88 Å². The second-order valence-electron chi connectivity index (χ2n) is 6.98. The molecule has 3 nitrogen and oxygen atoms in total. The van der Waals surface area contributed by atoms with Crippen LogP contribution in [0.4, 0.5) is 0 Å². The van der Waals surface area contributed by atoms with E-state index < -0.39 is 0 Å². The Kier molecular flexibility index (Phi) is 4.18. The molecule has 0 fully saturated rings. The van der Waals surface area contributed by atoms with Crippen molar-refractivity contribution >= 4 is 22.7 Å². The van der Waals surface area contributed by atoms with Crippen molar-refractivity contribution in [3.8, 4) is 0 Å². The van der Waals surface area contributed by atoms with Gasteiger partial charge in [0.25, 0.3) is 0 Å². The van der Waals surface area contributed by atoms with Crippen LogP contribution in [0.1, 0.15) is 36.2 Å². The summed E-state index contributed by atoms with van der Waals surface area (Å²) in [5, 5.41) is 1.41. The molecule has 3 aromatic rings. The zero-order chi connectivity index (χ0) is 17.4. The molecule has 0 amide bonds. The van der Waals surface area contributed by atoms with Crippen molar-refractivity contribution in [2.75, 3.05) is 13.1 Å². The Morgan fingerprint density at radius 2 is 2.00 bits per heavy atom. The standard InChI is InChI=1S/C22H25N3/c1-4-24-12-9-22-20(15-24)19-13-16(2)5-6-21(19)25(22)14-17(3)18-7-10-23-11-8-18/h5-8,10-11,13-14H,4,9,12,15H2,1-3H3. The summed E-state index contributed by atoms with van der Waals surface area (Å²) in [7, 11) is 0. The molecular formula is C22H25N3. The van der Waals surface area contributed by atoms with Gasteiger partial charge in [-0.15, -0.1) is 0 Å². The zero-order valence-corrected chi connectivity index (χ0v) is 15.3. The van der Waals surface area contributed by atoms with Gasteiger partial charge in [-0.2, -0.15) is 0 Å². The second kappa shape index (κ2) is 6.49. The van der Waals surface area contributed by atoms with Crippen LogP contribution < -0.4 is 0 Å². The molecule has 0 atom stereocenters. The van der Waals surface area contributed by atoms with E-state index in [1.54, 1.807) is 0 Å². The minimum Gasteiger partial charge on any atom is -0.320 e. The van der Waals surface area contributed by atoms with E-state index in [4.69, 9.17) is 0 Å². The lowest BCUT2D eigenvalue weighted by atomic mass is 10.0. The molecule has 3 heteroatoms. The van der Waals surface area contributed by atoms with Crippen molar-refractivity contribution in [3.05, 3.63) is 65.1 Å². The van der Waals surface area contributed by atoms with Gasteiger partial charge in [-0.25, -0.2) is 0 Å². The van der Waals surface area contributed by atoms with E-state index in [9.17, 15) is 0 Å². The maximum absolute atomic E-state index is 4.13. The molecule has 4 rings (SSSR count). The SMILES string of the molecule is CCN1CCc2c(c3cc(C)ccc3n2C=C(C)c2ccncc2)C1. The lowest BCUT2D eigenvalue weighted by Crippen LogP contribution is -2.30.